The summed E-state index contributed by atoms with van der Waals surface area (Å²) in [6.07, 6.45) is 2.37. The van der Waals surface area contributed by atoms with Gasteiger partial charge in [-0.3, -0.25) is 4.79 Å². The van der Waals surface area contributed by atoms with E-state index < -0.39 is 28.4 Å². The fourth-order valence-electron chi connectivity index (χ4n) is 2.74. The normalized spacial score (nSPS) is 11.7. The van der Waals surface area contributed by atoms with E-state index in [0.29, 0.717) is 10.9 Å². The third-order valence-corrected chi connectivity index (χ3v) is 4.69. The topological polar surface area (TPSA) is 79.4 Å². The van der Waals surface area contributed by atoms with E-state index >= 15 is 0 Å². The number of nitrogens with zero attached hydrogens (tertiary/aromatic N) is 3. The molecular formula is C21H19ClF3N5O2. The third kappa shape index (κ3) is 5.09. The van der Waals surface area contributed by atoms with Gasteiger partial charge in [-0.25, -0.2) is 23.1 Å². The lowest BCUT2D eigenvalue weighted by molar-refractivity contribution is -0.114. The van der Waals surface area contributed by atoms with Crippen molar-refractivity contribution in [3.05, 3.63) is 59.2 Å². The van der Waals surface area contributed by atoms with Crippen LogP contribution in [0.15, 0.2) is 42.5 Å². The van der Waals surface area contributed by atoms with Crippen LogP contribution >= 0.6 is 11.6 Å². The number of halogens is 4. The highest BCUT2D eigenvalue weighted by Gasteiger charge is 2.17. The first kappa shape index (κ1) is 23.3. The fraction of sp³-hybridized carbons (Fsp3) is 0.190. The van der Waals surface area contributed by atoms with Crippen LogP contribution in [0.5, 0.6) is 5.75 Å². The molecule has 0 saturated heterocycles. The second kappa shape index (κ2) is 9.84. The highest BCUT2D eigenvalue weighted by Crippen LogP contribution is 2.34. The van der Waals surface area contributed by atoms with Gasteiger partial charge in [-0.05, 0) is 38.4 Å². The molecule has 1 aromatic heterocycles. The van der Waals surface area contributed by atoms with Crippen molar-refractivity contribution in [3.63, 3.8) is 0 Å². The molecule has 3 aromatic rings. The van der Waals surface area contributed by atoms with Crippen molar-refractivity contribution in [2.24, 2.45) is 0 Å². The number of amides is 1. The predicted molar refractivity (Wildman–Crippen MR) is 117 cm³/mol. The molecule has 2 aromatic carbocycles. The van der Waals surface area contributed by atoms with Gasteiger partial charge in [-0.1, -0.05) is 11.6 Å². The van der Waals surface area contributed by atoms with Gasteiger partial charge in [0.1, 0.15) is 28.7 Å². The summed E-state index contributed by atoms with van der Waals surface area (Å²) in [5, 5.41) is 4.88. The van der Waals surface area contributed by atoms with Crippen LogP contribution in [0.4, 0.5) is 30.4 Å². The summed E-state index contributed by atoms with van der Waals surface area (Å²) in [6.45, 7) is 0.238. The minimum Gasteiger partial charge on any atom is -0.494 e. The summed E-state index contributed by atoms with van der Waals surface area (Å²) in [5.41, 5.74) is 0.430. The Kier molecular flexibility index (Phi) is 7.16. The van der Waals surface area contributed by atoms with Crippen LogP contribution < -0.4 is 15.4 Å². The number of anilines is 3. The minimum absolute atomic E-state index is 0.115. The van der Waals surface area contributed by atoms with Crippen LogP contribution in [0.25, 0.3) is 10.9 Å². The molecule has 0 aliphatic carbocycles. The number of methoxy groups -OCH3 is 1. The molecular weight excluding hydrogens is 447 g/mol. The standard InChI is InChI=1S/C21H19ClF3N5O2/c1-30(2)7-6-13(24)21(31)29-16-8-11-15(9-17(16)32-3)26-10-27-20(11)28-14-5-4-12(23)18(22)19(14)25/h4-6,8-10H,7H2,1-3H3,(H,29,31)(H,26,27,28). The van der Waals surface area contributed by atoms with E-state index in [1.165, 1.54) is 31.6 Å². The Hall–Kier alpha value is -3.37. The lowest BCUT2D eigenvalue weighted by atomic mass is 10.1. The summed E-state index contributed by atoms with van der Waals surface area (Å²) in [7, 11) is 4.85. The lowest BCUT2D eigenvalue weighted by Crippen LogP contribution is -2.16. The average molecular weight is 466 g/mol. The van der Waals surface area contributed by atoms with Gasteiger partial charge in [-0.2, -0.15) is 0 Å². The number of rotatable bonds is 7. The number of nitrogens with one attached hydrogen (secondary N) is 2. The lowest BCUT2D eigenvalue weighted by Gasteiger charge is -2.14. The van der Waals surface area contributed by atoms with E-state index in [1.54, 1.807) is 19.0 Å². The van der Waals surface area contributed by atoms with E-state index in [2.05, 4.69) is 20.6 Å². The maximum atomic E-state index is 14.3. The maximum Gasteiger partial charge on any atom is 0.284 e. The molecule has 0 unspecified atom stereocenters. The molecule has 32 heavy (non-hydrogen) atoms. The van der Waals surface area contributed by atoms with Gasteiger partial charge >= 0.3 is 0 Å². The Bertz CT molecular complexity index is 1200. The molecule has 2 N–H and O–H groups in total. The molecule has 0 saturated carbocycles. The van der Waals surface area contributed by atoms with Crippen LogP contribution in [-0.4, -0.2) is 48.5 Å². The van der Waals surface area contributed by atoms with E-state index in [1.807, 2.05) is 0 Å². The first-order chi connectivity index (χ1) is 15.2. The Morgan fingerprint density at radius 2 is 1.97 bits per heavy atom. The molecule has 11 heteroatoms. The summed E-state index contributed by atoms with van der Waals surface area (Å²) in [4.78, 5) is 22.2. The van der Waals surface area contributed by atoms with Gasteiger partial charge in [0, 0.05) is 18.0 Å². The largest absolute Gasteiger partial charge is 0.494 e. The Morgan fingerprint density at radius 1 is 1.22 bits per heavy atom. The van der Waals surface area contributed by atoms with E-state index in [4.69, 9.17) is 16.3 Å². The van der Waals surface area contributed by atoms with Crippen molar-refractivity contribution in [3.8, 4) is 5.75 Å². The van der Waals surface area contributed by atoms with Gasteiger partial charge in [-0.15, -0.1) is 0 Å². The molecule has 0 radical (unpaired) electrons. The van der Waals surface area contributed by atoms with Crippen molar-refractivity contribution in [2.45, 2.75) is 0 Å². The quantitative estimate of drug-likeness (QED) is 0.390. The SMILES string of the molecule is COc1cc2ncnc(Nc3ccc(F)c(Cl)c3F)c2cc1NC(=O)C(F)=CCN(C)C. The van der Waals surface area contributed by atoms with Crippen LogP contribution in [0.3, 0.4) is 0 Å². The molecule has 0 fully saturated rings. The van der Waals surface area contributed by atoms with Crippen LogP contribution in [0, 0.1) is 11.6 Å². The zero-order valence-corrected chi connectivity index (χ0v) is 18.1. The molecule has 1 heterocycles. The number of fused-ring (bicyclic) bond motifs is 1. The van der Waals surface area contributed by atoms with Gasteiger partial charge in [0.05, 0.1) is 24.0 Å². The molecule has 0 bridgehead atoms. The van der Waals surface area contributed by atoms with Gasteiger partial charge in [0.25, 0.3) is 5.91 Å². The zero-order valence-electron chi connectivity index (χ0n) is 17.3. The van der Waals surface area contributed by atoms with Gasteiger partial charge < -0.3 is 20.3 Å². The summed E-state index contributed by atoms with van der Waals surface area (Å²) in [6, 6.07) is 5.14. The number of ether oxygens (including phenoxy) is 1. The third-order valence-electron chi connectivity index (χ3n) is 4.35. The van der Waals surface area contributed by atoms with Crippen molar-refractivity contribution >= 4 is 45.6 Å². The first-order valence-corrected chi connectivity index (χ1v) is 9.64. The molecule has 3 rings (SSSR count). The zero-order chi connectivity index (χ0) is 23.4. The van der Waals surface area contributed by atoms with Crippen molar-refractivity contribution in [2.75, 3.05) is 38.4 Å². The van der Waals surface area contributed by atoms with E-state index in [9.17, 15) is 18.0 Å². The van der Waals surface area contributed by atoms with E-state index in [-0.39, 0.29) is 29.5 Å². The number of likely N-dealkylation sites (N-methyl/N-ethyl adjacent to an activating group) is 1. The van der Waals surface area contributed by atoms with Gasteiger partial charge in [0.2, 0.25) is 0 Å². The number of benzene rings is 2. The summed E-state index contributed by atoms with van der Waals surface area (Å²) >= 11 is 5.63. The van der Waals surface area contributed by atoms with Crippen molar-refractivity contribution in [1.29, 1.82) is 0 Å². The minimum atomic E-state index is -0.992. The highest BCUT2D eigenvalue weighted by molar-refractivity contribution is 6.31. The number of hydrogen-bond donors (Lipinski definition) is 2. The van der Waals surface area contributed by atoms with Crippen LogP contribution in [0.1, 0.15) is 0 Å². The molecule has 0 aliphatic rings. The maximum absolute atomic E-state index is 14.3. The highest BCUT2D eigenvalue weighted by atomic mass is 35.5. The number of aromatic nitrogens is 2. The summed E-state index contributed by atoms with van der Waals surface area (Å²) < 4.78 is 47.2. The second-order valence-corrected chi connectivity index (χ2v) is 7.29. The fourth-order valence-corrected chi connectivity index (χ4v) is 2.90. The summed E-state index contributed by atoms with van der Waals surface area (Å²) in [5.74, 6) is -3.45. The Labute approximate surface area is 186 Å². The molecule has 168 valence electrons. The number of carbonyl (C=O) groups excluding carboxylic acids is 1. The number of hydrogen-bond acceptors (Lipinski definition) is 6. The predicted octanol–water partition coefficient (Wildman–Crippen LogP) is 4.67. The molecule has 1 amide bonds. The molecule has 0 spiro atoms. The molecule has 7 nitrogen and oxygen atoms in total. The van der Waals surface area contributed by atoms with E-state index in [0.717, 1.165) is 12.1 Å². The monoisotopic (exact) mass is 465 g/mol. The smallest absolute Gasteiger partial charge is 0.284 e. The Morgan fingerprint density at radius 3 is 2.66 bits per heavy atom. The van der Waals surface area contributed by atoms with Gasteiger partial charge in [0.15, 0.2) is 11.6 Å². The Balaban J connectivity index is 2.00. The first-order valence-electron chi connectivity index (χ1n) is 9.26. The van der Waals surface area contributed by atoms with Crippen LogP contribution in [0.2, 0.25) is 5.02 Å². The molecule has 0 aliphatic heterocycles. The van der Waals surface area contributed by atoms with Crippen molar-refractivity contribution in [1.82, 2.24) is 14.9 Å². The second-order valence-electron chi connectivity index (χ2n) is 6.91. The van der Waals surface area contributed by atoms with Crippen LogP contribution in [-0.2, 0) is 4.79 Å². The number of carbonyl (C=O) groups is 1. The molecule has 0 atom stereocenters. The average Bonchev–Trinajstić information content (AvgIpc) is 2.77. The van der Waals surface area contributed by atoms with Crippen molar-refractivity contribution < 1.29 is 22.7 Å².